The number of benzene rings is 1. The molecule has 1 aromatic heterocycles. The Hall–Kier alpha value is -1.72. The van der Waals surface area contributed by atoms with E-state index < -0.39 is 0 Å². The molecule has 1 heterocycles. The predicted molar refractivity (Wildman–Crippen MR) is 77.0 cm³/mol. The molecule has 0 aliphatic heterocycles. The van der Waals surface area contributed by atoms with E-state index in [0.29, 0.717) is 30.6 Å². The third-order valence-corrected chi connectivity index (χ3v) is 3.97. The van der Waals surface area contributed by atoms with Crippen molar-refractivity contribution in [3.63, 3.8) is 0 Å². The first-order chi connectivity index (χ1) is 10.3. The first-order valence-corrected chi connectivity index (χ1v) is 7.31. The molecule has 0 atom stereocenters. The van der Waals surface area contributed by atoms with Crippen LogP contribution >= 0.6 is 0 Å². The number of oxazole rings is 1. The van der Waals surface area contributed by atoms with Crippen LogP contribution in [0.5, 0.6) is 0 Å². The second kappa shape index (κ2) is 6.37. The molecule has 1 aromatic carbocycles. The Morgan fingerprint density at radius 1 is 1.38 bits per heavy atom. The maximum absolute atomic E-state index is 13.2. The Morgan fingerprint density at radius 3 is 2.90 bits per heavy atom. The van der Waals surface area contributed by atoms with E-state index in [1.807, 2.05) is 0 Å². The van der Waals surface area contributed by atoms with Crippen LogP contribution in [0.4, 0.5) is 4.39 Å². The molecule has 0 unspecified atom stereocenters. The summed E-state index contributed by atoms with van der Waals surface area (Å²) in [6, 6.07) is 6.75. The number of hydrogen-bond donors (Lipinski definition) is 1. The largest absolute Gasteiger partial charge is 0.444 e. The van der Waals surface area contributed by atoms with Crippen LogP contribution in [-0.2, 0) is 6.54 Å². The highest BCUT2D eigenvalue weighted by Gasteiger charge is 2.25. The maximum atomic E-state index is 13.2. The van der Waals surface area contributed by atoms with E-state index in [0.717, 1.165) is 5.69 Å². The van der Waals surface area contributed by atoms with Gasteiger partial charge in [-0.25, -0.2) is 9.37 Å². The molecule has 1 fully saturated rings. The van der Waals surface area contributed by atoms with Crippen molar-refractivity contribution in [2.45, 2.75) is 31.8 Å². The van der Waals surface area contributed by atoms with Crippen LogP contribution in [0, 0.1) is 5.82 Å². The lowest BCUT2D eigenvalue weighted by molar-refractivity contribution is 0.0933. The average Bonchev–Trinajstić information content (AvgIpc) is 2.85. The minimum absolute atomic E-state index is 0.144. The summed E-state index contributed by atoms with van der Waals surface area (Å²) in [7, 11) is 0. The summed E-state index contributed by atoms with van der Waals surface area (Å²) < 4.78 is 18.7. The summed E-state index contributed by atoms with van der Waals surface area (Å²) >= 11 is 0. The lowest BCUT2D eigenvalue weighted by Gasteiger charge is -2.36. The zero-order valence-electron chi connectivity index (χ0n) is 11.8. The fourth-order valence-electron chi connectivity index (χ4n) is 2.61. The molecule has 1 aliphatic rings. The molecule has 1 aliphatic carbocycles. The van der Waals surface area contributed by atoms with Crippen LogP contribution in [0.1, 0.15) is 25.0 Å². The summed E-state index contributed by atoms with van der Waals surface area (Å²) in [6.45, 7) is 1.45. The van der Waals surface area contributed by atoms with Gasteiger partial charge < -0.3 is 9.52 Å². The number of nitrogens with zero attached hydrogens (tertiary/aromatic N) is 2. The molecule has 0 spiro atoms. The zero-order chi connectivity index (χ0) is 14.7. The summed E-state index contributed by atoms with van der Waals surface area (Å²) in [4.78, 5) is 6.66. The number of rotatable bonds is 6. The van der Waals surface area contributed by atoms with Gasteiger partial charge in [-0.2, -0.15) is 0 Å². The second-order valence-electron chi connectivity index (χ2n) is 5.43. The standard InChI is InChI=1S/C16H19FN2O2/c17-13-4-1-3-12(9-13)16-18-14(11-21-16)10-19(7-8-20)15-5-2-6-15/h1,3-4,9,11,15,20H,2,5-8,10H2. The Labute approximate surface area is 123 Å². The Kier molecular flexibility index (Phi) is 4.31. The lowest BCUT2D eigenvalue weighted by Crippen LogP contribution is -2.41. The van der Waals surface area contributed by atoms with Crippen LogP contribution in [0.2, 0.25) is 0 Å². The van der Waals surface area contributed by atoms with E-state index in [4.69, 9.17) is 9.52 Å². The summed E-state index contributed by atoms with van der Waals surface area (Å²) in [5.41, 5.74) is 1.45. The summed E-state index contributed by atoms with van der Waals surface area (Å²) in [5.74, 6) is 0.130. The Bertz CT molecular complexity index is 595. The maximum Gasteiger partial charge on any atom is 0.226 e. The summed E-state index contributed by atoms with van der Waals surface area (Å²) in [6.07, 6.45) is 5.21. The van der Waals surface area contributed by atoms with Gasteiger partial charge in [0.2, 0.25) is 5.89 Å². The van der Waals surface area contributed by atoms with Crippen molar-refractivity contribution in [1.82, 2.24) is 9.88 Å². The molecule has 2 aromatic rings. The van der Waals surface area contributed by atoms with E-state index in [2.05, 4.69) is 9.88 Å². The van der Waals surface area contributed by atoms with Crippen LogP contribution in [0.15, 0.2) is 34.9 Å². The van der Waals surface area contributed by atoms with Crippen molar-refractivity contribution in [1.29, 1.82) is 0 Å². The van der Waals surface area contributed by atoms with Gasteiger partial charge in [-0.1, -0.05) is 12.5 Å². The highest BCUT2D eigenvalue weighted by molar-refractivity contribution is 5.52. The molecule has 3 rings (SSSR count). The third-order valence-electron chi connectivity index (χ3n) is 3.97. The number of halogens is 1. The van der Waals surface area contributed by atoms with Gasteiger partial charge in [0.05, 0.1) is 12.3 Å². The van der Waals surface area contributed by atoms with Crippen molar-refractivity contribution >= 4 is 0 Å². The first kappa shape index (κ1) is 14.2. The van der Waals surface area contributed by atoms with Gasteiger partial charge in [0.25, 0.3) is 0 Å². The molecule has 0 bridgehead atoms. The van der Waals surface area contributed by atoms with Crippen molar-refractivity contribution in [3.05, 3.63) is 42.0 Å². The van der Waals surface area contributed by atoms with Crippen LogP contribution in [-0.4, -0.2) is 34.2 Å². The number of hydrogen-bond acceptors (Lipinski definition) is 4. The normalized spacial score (nSPS) is 15.4. The van der Waals surface area contributed by atoms with Gasteiger partial charge in [0.15, 0.2) is 0 Å². The summed E-state index contributed by atoms with van der Waals surface area (Å²) in [5, 5.41) is 9.17. The van der Waals surface area contributed by atoms with E-state index in [-0.39, 0.29) is 12.4 Å². The quantitative estimate of drug-likeness (QED) is 0.888. The zero-order valence-corrected chi connectivity index (χ0v) is 11.8. The molecule has 21 heavy (non-hydrogen) atoms. The van der Waals surface area contributed by atoms with Crippen molar-refractivity contribution in [2.75, 3.05) is 13.2 Å². The molecule has 0 amide bonds. The van der Waals surface area contributed by atoms with Crippen LogP contribution in [0.25, 0.3) is 11.5 Å². The molecular weight excluding hydrogens is 271 g/mol. The van der Waals surface area contributed by atoms with Gasteiger partial charge in [0, 0.05) is 24.7 Å². The molecule has 0 saturated heterocycles. The topological polar surface area (TPSA) is 49.5 Å². The monoisotopic (exact) mass is 290 g/mol. The van der Waals surface area contributed by atoms with Gasteiger partial charge in [0.1, 0.15) is 12.1 Å². The molecule has 112 valence electrons. The lowest BCUT2D eigenvalue weighted by atomic mass is 9.91. The third kappa shape index (κ3) is 3.31. The van der Waals surface area contributed by atoms with E-state index >= 15 is 0 Å². The molecule has 5 heteroatoms. The predicted octanol–water partition coefficient (Wildman–Crippen LogP) is 2.83. The SMILES string of the molecule is OCCN(Cc1coc(-c2cccc(F)c2)n1)C1CCC1. The smallest absolute Gasteiger partial charge is 0.226 e. The molecule has 0 radical (unpaired) electrons. The first-order valence-electron chi connectivity index (χ1n) is 7.31. The number of aliphatic hydroxyl groups is 1. The fraction of sp³-hybridized carbons (Fsp3) is 0.438. The minimum Gasteiger partial charge on any atom is -0.444 e. The highest BCUT2D eigenvalue weighted by Crippen LogP contribution is 2.26. The average molecular weight is 290 g/mol. The van der Waals surface area contributed by atoms with E-state index in [1.54, 1.807) is 18.4 Å². The second-order valence-corrected chi connectivity index (χ2v) is 5.43. The van der Waals surface area contributed by atoms with Crippen LogP contribution < -0.4 is 0 Å². The molecule has 1 saturated carbocycles. The number of aromatic nitrogens is 1. The molecule has 1 N–H and O–H groups in total. The van der Waals surface area contributed by atoms with Crippen LogP contribution in [0.3, 0.4) is 0 Å². The highest BCUT2D eigenvalue weighted by atomic mass is 19.1. The molecule has 4 nitrogen and oxygen atoms in total. The van der Waals surface area contributed by atoms with Crippen molar-refractivity contribution in [2.24, 2.45) is 0 Å². The van der Waals surface area contributed by atoms with Gasteiger partial charge in [-0.3, -0.25) is 4.90 Å². The van der Waals surface area contributed by atoms with Crippen molar-refractivity contribution < 1.29 is 13.9 Å². The van der Waals surface area contributed by atoms with Gasteiger partial charge >= 0.3 is 0 Å². The Morgan fingerprint density at radius 2 is 2.24 bits per heavy atom. The fourth-order valence-corrected chi connectivity index (χ4v) is 2.61. The van der Waals surface area contributed by atoms with E-state index in [1.165, 1.54) is 31.4 Å². The Balaban J connectivity index is 1.71. The van der Waals surface area contributed by atoms with Gasteiger partial charge in [-0.15, -0.1) is 0 Å². The molecular formula is C16H19FN2O2. The van der Waals surface area contributed by atoms with Crippen molar-refractivity contribution in [3.8, 4) is 11.5 Å². The van der Waals surface area contributed by atoms with Gasteiger partial charge in [-0.05, 0) is 31.0 Å². The van der Waals surface area contributed by atoms with E-state index in [9.17, 15) is 4.39 Å². The minimum atomic E-state index is -0.302. The number of aliphatic hydroxyl groups excluding tert-OH is 1.